The van der Waals surface area contributed by atoms with Crippen LogP contribution < -0.4 is 10.1 Å². The van der Waals surface area contributed by atoms with Gasteiger partial charge >= 0.3 is 5.97 Å². The van der Waals surface area contributed by atoms with E-state index in [1.165, 1.54) is 12.8 Å². The lowest BCUT2D eigenvalue weighted by Crippen LogP contribution is -2.26. The maximum Gasteiger partial charge on any atom is 0.303 e. The second-order valence-corrected chi connectivity index (χ2v) is 5.68. The summed E-state index contributed by atoms with van der Waals surface area (Å²) in [4.78, 5) is 24.4. The first kappa shape index (κ1) is 17.3. The highest BCUT2D eigenvalue weighted by atomic mass is 16.5. The van der Waals surface area contributed by atoms with Gasteiger partial charge in [0.2, 0.25) is 5.91 Å². The molecule has 1 fully saturated rings. The van der Waals surface area contributed by atoms with Crippen molar-refractivity contribution < 1.29 is 19.4 Å². The number of benzene rings is 1. The van der Waals surface area contributed by atoms with E-state index >= 15 is 0 Å². The molecule has 0 radical (unpaired) electrons. The number of ether oxygens (including phenoxy) is 1. The zero-order valence-corrected chi connectivity index (χ0v) is 13.3. The van der Waals surface area contributed by atoms with Crippen LogP contribution in [0.15, 0.2) is 24.3 Å². The molecule has 1 aliphatic rings. The number of carboxylic acids is 1. The summed E-state index contributed by atoms with van der Waals surface area (Å²) in [5.74, 6) is -0.463. The van der Waals surface area contributed by atoms with Crippen molar-refractivity contribution in [3.05, 3.63) is 29.8 Å². The summed E-state index contributed by atoms with van der Waals surface area (Å²) in [6.07, 6.45) is 2.37. The summed E-state index contributed by atoms with van der Waals surface area (Å²) >= 11 is 0. The molecular weight excluding hydrogens is 296 g/mol. The number of carbonyl (C=O) groups excluding carboxylic acids is 1. The number of aliphatic carboxylic acids is 1. The standard InChI is InChI=1S/C17H24N2O4/c20-16(7-8-17(21)22)18-13-14-5-1-2-6-15(14)23-12-11-19-9-3-4-10-19/h1-2,5-6H,3-4,7-13H2,(H,18,20)(H,21,22). The maximum atomic E-state index is 11.6. The molecule has 0 aliphatic carbocycles. The van der Waals surface area contributed by atoms with Gasteiger partial charge < -0.3 is 15.2 Å². The van der Waals surface area contributed by atoms with E-state index in [4.69, 9.17) is 9.84 Å². The van der Waals surface area contributed by atoms with Crippen molar-refractivity contribution >= 4 is 11.9 Å². The molecule has 1 aromatic carbocycles. The molecule has 0 saturated carbocycles. The van der Waals surface area contributed by atoms with Gasteiger partial charge in [0.1, 0.15) is 12.4 Å². The first-order chi connectivity index (χ1) is 11.1. The number of para-hydroxylation sites is 1. The molecule has 2 N–H and O–H groups in total. The minimum Gasteiger partial charge on any atom is -0.492 e. The molecule has 2 rings (SSSR count). The second-order valence-electron chi connectivity index (χ2n) is 5.68. The van der Waals surface area contributed by atoms with Crippen LogP contribution in [0.2, 0.25) is 0 Å². The number of carbonyl (C=O) groups is 2. The van der Waals surface area contributed by atoms with Gasteiger partial charge in [-0.1, -0.05) is 18.2 Å². The van der Waals surface area contributed by atoms with Crippen molar-refractivity contribution in [2.24, 2.45) is 0 Å². The highest BCUT2D eigenvalue weighted by Gasteiger charge is 2.12. The monoisotopic (exact) mass is 320 g/mol. The Morgan fingerprint density at radius 2 is 1.91 bits per heavy atom. The third-order valence-electron chi connectivity index (χ3n) is 3.88. The van der Waals surface area contributed by atoms with Gasteiger partial charge in [0.15, 0.2) is 0 Å². The Morgan fingerprint density at radius 3 is 2.65 bits per heavy atom. The number of carboxylic acid groups (broad SMARTS) is 1. The maximum absolute atomic E-state index is 11.6. The van der Waals surface area contributed by atoms with Gasteiger partial charge in [-0.25, -0.2) is 0 Å². The topological polar surface area (TPSA) is 78.9 Å². The Balaban J connectivity index is 1.77. The zero-order valence-electron chi connectivity index (χ0n) is 13.3. The predicted octanol–water partition coefficient (Wildman–Crippen LogP) is 1.64. The number of rotatable bonds is 9. The van der Waals surface area contributed by atoms with Crippen molar-refractivity contribution in [2.45, 2.75) is 32.2 Å². The van der Waals surface area contributed by atoms with Crippen LogP contribution in [0, 0.1) is 0 Å². The summed E-state index contributed by atoms with van der Waals surface area (Å²) in [7, 11) is 0. The fourth-order valence-corrected chi connectivity index (χ4v) is 2.58. The van der Waals surface area contributed by atoms with Crippen molar-refractivity contribution in [1.82, 2.24) is 10.2 Å². The minimum absolute atomic E-state index is 0.00663. The molecule has 1 saturated heterocycles. The smallest absolute Gasteiger partial charge is 0.303 e. The number of nitrogens with zero attached hydrogens (tertiary/aromatic N) is 1. The van der Waals surface area contributed by atoms with Crippen molar-refractivity contribution in [3.8, 4) is 5.75 Å². The van der Waals surface area contributed by atoms with Crippen LogP contribution in [-0.4, -0.2) is 48.1 Å². The molecule has 0 bridgehead atoms. The number of nitrogens with one attached hydrogen (secondary N) is 1. The van der Waals surface area contributed by atoms with Crippen LogP contribution >= 0.6 is 0 Å². The van der Waals surface area contributed by atoms with E-state index in [2.05, 4.69) is 10.2 Å². The van der Waals surface area contributed by atoms with Gasteiger partial charge in [-0.05, 0) is 32.0 Å². The molecule has 6 heteroatoms. The summed E-state index contributed by atoms with van der Waals surface area (Å²) in [6.45, 7) is 4.18. The predicted molar refractivity (Wildman–Crippen MR) is 86.3 cm³/mol. The molecule has 1 heterocycles. The Morgan fingerprint density at radius 1 is 1.17 bits per heavy atom. The Bertz CT molecular complexity index is 527. The van der Waals surface area contributed by atoms with Crippen LogP contribution in [0.1, 0.15) is 31.2 Å². The molecule has 0 aromatic heterocycles. The quantitative estimate of drug-likeness (QED) is 0.723. The van der Waals surface area contributed by atoms with Crippen LogP contribution in [-0.2, 0) is 16.1 Å². The van der Waals surface area contributed by atoms with Gasteiger partial charge in [0, 0.05) is 25.1 Å². The average Bonchev–Trinajstić information content (AvgIpc) is 3.05. The summed E-state index contributed by atoms with van der Waals surface area (Å²) < 4.78 is 5.84. The third kappa shape index (κ3) is 6.28. The average molecular weight is 320 g/mol. The SMILES string of the molecule is O=C(O)CCC(=O)NCc1ccccc1OCCN1CCCC1. The highest BCUT2D eigenvalue weighted by molar-refractivity contribution is 5.80. The molecular formula is C17H24N2O4. The minimum atomic E-state index is -0.967. The Kier molecular flexibility index (Phi) is 6.87. The van der Waals surface area contributed by atoms with Crippen LogP contribution in [0.4, 0.5) is 0 Å². The lowest BCUT2D eigenvalue weighted by Gasteiger charge is -2.16. The first-order valence-electron chi connectivity index (χ1n) is 8.06. The van der Waals surface area contributed by atoms with E-state index in [9.17, 15) is 9.59 Å². The second kappa shape index (κ2) is 9.15. The van der Waals surface area contributed by atoms with Crippen molar-refractivity contribution in [3.63, 3.8) is 0 Å². The number of likely N-dealkylation sites (tertiary alicyclic amines) is 1. The van der Waals surface area contributed by atoms with Crippen LogP contribution in [0.3, 0.4) is 0 Å². The van der Waals surface area contributed by atoms with Crippen LogP contribution in [0.25, 0.3) is 0 Å². The Labute approximate surface area is 136 Å². The van der Waals surface area contributed by atoms with Crippen molar-refractivity contribution in [1.29, 1.82) is 0 Å². The number of amides is 1. The molecule has 126 valence electrons. The molecule has 0 atom stereocenters. The van der Waals surface area contributed by atoms with Gasteiger partial charge in [0.05, 0.1) is 6.42 Å². The molecule has 0 spiro atoms. The highest BCUT2D eigenvalue weighted by Crippen LogP contribution is 2.18. The number of hydrogen-bond acceptors (Lipinski definition) is 4. The summed E-state index contributed by atoms with van der Waals surface area (Å²) in [6, 6.07) is 7.60. The zero-order chi connectivity index (χ0) is 16.5. The number of hydrogen-bond donors (Lipinski definition) is 2. The van der Waals surface area contributed by atoms with E-state index < -0.39 is 5.97 Å². The fourth-order valence-electron chi connectivity index (χ4n) is 2.58. The molecule has 1 aliphatic heterocycles. The Hall–Kier alpha value is -2.08. The van der Waals surface area contributed by atoms with Crippen molar-refractivity contribution in [2.75, 3.05) is 26.2 Å². The largest absolute Gasteiger partial charge is 0.492 e. The van der Waals surface area contributed by atoms with Gasteiger partial charge in [-0.2, -0.15) is 0 Å². The molecule has 1 amide bonds. The van der Waals surface area contributed by atoms with E-state index in [-0.39, 0.29) is 18.7 Å². The molecule has 0 unspecified atom stereocenters. The lowest BCUT2D eigenvalue weighted by atomic mass is 10.2. The van der Waals surface area contributed by atoms with Crippen LogP contribution in [0.5, 0.6) is 5.75 Å². The van der Waals surface area contributed by atoms with Gasteiger partial charge in [-0.3, -0.25) is 14.5 Å². The molecule has 1 aromatic rings. The van der Waals surface area contributed by atoms with E-state index in [0.29, 0.717) is 13.2 Å². The van der Waals surface area contributed by atoms with Gasteiger partial charge in [0.25, 0.3) is 0 Å². The molecule has 6 nitrogen and oxygen atoms in total. The normalized spacial score (nSPS) is 14.6. The summed E-state index contributed by atoms with van der Waals surface area (Å²) in [5, 5.41) is 11.3. The van der Waals surface area contributed by atoms with Gasteiger partial charge in [-0.15, -0.1) is 0 Å². The third-order valence-corrected chi connectivity index (χ3v) is 3.88. The van der Waals surface area contributed by atoms with E-state index in [0.717, 1.165) is 30.9 Å². The van der Waals surface area contributed by atoms with E-state index in [1.807, 2.05) is 24.3 Å². The van der Waals surface area contributed by atoms with E-state index in [1.54, 1.807) is 0 Å². The fraction of sp³-hybridized carbons (Fsp3) is 0.529. The molecule has 23 heavy (non-hydrogen) atoms. The summed E-state index contributed by atoms with van der Waals surface area (Å²) in [5.41, 5.74) is 0.901. The first-order valence-corrected chi connectivity index (χ1v) is 8.06. The lowest BCUT2D eigenvalue weighted by molar-refractivity contribution is -0.138.